The fraction of sp³-hybridized carbons (Fsp3) is 0.333. The summed E-state index contributed by atoms with van der Waals surface area (Å²) in [5, 5.41) is 15.9. The van der Waals surface area contributed by atoms with Crippen molar-refractivity contribution in [1.29, 1.82) is 0 Å². The zero-order valence-corrected chi connectivity index (χ0v) is 14.2. The van der Waals surface area contributed by atoms with E-state index in [1.165, 1.54) is 7.11 Å². The predicted molar refractivity (Wildman–Crippen MR) is 88.7 cm³/mol. The summed E-state index contributed by atoms with van der Waals surface area (Å²) in [7, 11) is 3.21. The third-order valence-electron chi connectivity index (χ3n) is 4.28. The van der Waals surface area contributed by atoms with Crippen molar-refractivity contribution in [3.8, 4) is 0 Å². The van der Waals surface area contributed by atoms with Crippen LogP contribution in [-0.4, -0.2) is 28.0 Å². The topological polar surface area (TPSA) is 77.5 Å². The van der Waals surface area contributed by atoms with E-state index in [0.717, 1.165) is 27.9 Å². The highest BCUT2D eigenvalue weighted by atomic mass is 16.5. The number of benzene rings is 1. The van der Waals surface area contributed by atoms with Crippen LogP contribution in [0.25, 0.3) is 11.0 Å². The van der Waals surface area contributed by atoms with Gasteiger partial charge in [-0.25, -0.2) is 0 Å². The fourth-order valence-corrected chi connectivity index (χ4v) is 2.92. The van der Waals surface area contributed by atoms with Gasteiger partial charge in [-0.3, -0.25) is 9.48 Å². The minimum atomic E-state index is -0.879. The molecular weight excluding hydrogens is 308 g/mol. The van der Waals surface area contributed by atoms with E-state index < -0.39 is 6.10 Å². The van der Waals surface area contributed by atoms with Gasteiger partial charge in [-0.15, -0.1) is 0 Å². The summed E-state index contributed by atoms with van der Waals surface area (Å²) in [5.41, 5.74) is 3.93. The van der Waals surface area contributed by atoms with Gasteiger partial charge in [0.2, 0.25) is 0 Å². The molecule has 1 unspecified atom stereocenters. The Hall–Kier alpha value is -2.60. The molecule has 126 valence electrons. The Labute approximate surface area is 139 Å². The van der Waals surface area contributed by atoms with Gasteiger partial charge < -0.3 is 14.3 Å². The van der Waals surface area contributed by atoms with Crippen LogP contribution in [0.15, 0.2) is 28.7 Å². The van der Waals surface area contributed by atoms with Crippen LogP contribution in [0.4, 0.5) is 0 Å². The zero-order chi connectivity index (χ0) is 17.4. The van der Waals surface area contributed by atoms with E-state index in [2.05, 4.69) is 9.84 Å². The van der Waals surface area contributed by atoms with Crippen LogP contribution in [0.5, 0.6) is 0 Å². The molecule has 0 radical (unpaired) electrons. The number of carbonyl (C=O) groups is 1. The molecule has 0 aliphatic heterocycles. The van der Waals surface area contributed by atoms with Crippen LogP contribution >= 0.6 is 0 Å². The number of aliphatic hydroxyl groups excluding tert-OH is 1. The van der Waals surface area contributed by atoms with Gasteiger partial charge in [0.05, 0.1) is 19.2 Å². The Bertz CT molecular complexity index is 907. The second kappa shape index (κ2) is 6.13. The molecule has 2 aromatic heterocycles. The molecule has 1 atom stereocenters. The number of methoxy groups -OCH3 is 1. The van der Waals surface area contributed by atoms with Crippen molar-refractivity contribution in [2.24, 2.45) is 7.05 Å². The Morgan fingerprint density at radius 3 is 2.75 bits per heavy atom. The van der Waals surface area contributed by atoms with Gasteiger partial charge in [0, 0.05) is 23.7 Å². The van der Waals surface area contributed by atoms with Crippen molar-refractivity contribution in [3.05, 3.63) is 52.5 Å². The molecule has 0 saturated heterocycles. The highest BCUT2D eigenvalue weighted by molar-refractivity contribution is 5.81. The van der Waals surface area contributed by atoms with Crippen LogP contribution in [0, 0.1) is 13.8 Å². The number of ether oxygens (including phenoxy) is 1. The van der Waals surface area contributed by atoms with E-state index in [-0.39, 0.29) is 12.4 Å². The summed E-state index contributed by atoms with van der Waals surface area (Å²) < 4.78 is 12.2. The van der Waals surface area contributed by atoms with Crippen molar-refractivity contribution >= 4 is 16.9 Å². The lowest BCUT2D eigenvalue weighted by molar-refractivity contribution is -0.139. The largest absolute Gasteiger partial charge is 0.469 e. The van der Waals surface area contributed by atoms with E-state index in [4.69, 9.17) is 4.42 Å². The zero-order valence-electron chi connectivity index (χ0n) is 14.2. The van der Waals surface area contributed by atoms with Crippen LogP contribution in [0.3, 0.4) is 0 Å². The first-order valence-electron chi connectivity index (χ1n) is 7.68. The number of fused-ring (bicyclic) bond motifs is 1. The Morgan fingerprint density at radius 1 is 1.38 bits per heavy atom. The van der Waals surface area contributed by atoms with E-state index in [1.807, 2.05) is 33.0 Å². The van der Waals surface area contributed by atoms with Crippen LogP contribution in [-0.2, 0) is 23.0 Å². The Morgan fingerprint density at radius 2 is 2.12 bits per heavy atom. The normalized spacial score (nSPS) is 12.5. The average Bonchev–Trinajstić information content (AvgIpc) is 3.07. The molecule has 6 heteroatoms. The monoisotopic (exact) mass is 328 g/mol. The van der Waals surface area contributed by atoms with Gasteiger partial charge in [-0.2, -0.15) is 5.10 Å². The van der Waals surface area contributed by atoms with E-state index in [9.17, 15) is 9.90 Å². The average molecular weight is 328 g/mol. The minimum absolute atomic E-state index is 0.205. The number of esters is 1. The summed E-state index contributed by atoms with van der Waals surface area (Å²) in [6.45, 7) is 3.78. The molecule has 0 aliphatic carbocycles. The third kappa shape index (κ3) is 2.80. The quantitative estimate of drug-likeness (QED) is 0.745. The number of aromatic nitrogens is 2. The predicted octanol–water partition coefficient (Wildman–Crippen LogP) is 2.58. The summed E-state index contributed by atoms with van der Waals surface area (Å²) in [4.78, 5) is 11.4. The maximum Gasteiger partial charge on any atom is 0.309 e. The van der Waals surface area contributed by atoms with Gasteiger partial charge in [-0.1, -0.05) is 6.07 Å². The second-order valence-electron chi connectivity index (χ2n) is 5.88. The molecule has 3 rings (SSSR count). The van der Waals surface area contributed by atoms with Crippen LogP contribution in [0.2, 0.25) is 0 Å². The summed E-state index contributed by atoms with van der Waals surface area (Å²) in [5.74, 6) is 0.166. The molecule has 0 fully saturated rings. The molecule has 0 bridgehead atoms. The summed E-state index contributed by atoms with van der Waals surface area (Å²) >= 11 is 0. The number of hydrogen-bond donors (Lipinski definition) is 1. The number of carbonyl (C=O) groups excluding carboxylic acids is 1. The van der Waals surface area contributed by atoms with Gasteiger partial charge in [0.1, 0.15) is 17.4 Å². The van der Waals surface area contributed by atoms with Crippen molar-refractivity contribution in [3.63, 3.8) is 0 Å². The molecule has 0 aliphatic rings. The number of hydrogen-bond acceptors (Lipinski definition) is 5. The molecular formula is C18H20N2O4. The van der Waals surface area contributed by atoms with E-state index >= 15 is 0 Å². The second-order valence-corrected chi connectivity index (χ2v) is 5.88. The smallest absolute Gasteiger partial charge is 0.309 e. The third-order valence-corrected chi connectivity index (χ3v) is 4.28. The van der Waals surface area contributed by atoms with Gasteiger partial charge >= 0.3 is 5.97 Å². The molecule has 3 aromatic rings. The lowest BCUT2D eigenvalue weighted by atomic mass is 10.0. The maximum absolute atomic E-state index is 11.4. The van der Waals surface area contributed by atoms with Gasteiger partial charge in [-0.05, 0) is 37.6 Å². The molecule has 1 N–H and O–H groups in total. The summed E-state index contributed by atoms with van der Waals surface area (Å²) in [6, 6.07) is 7.29. The Balaban J connectivity index is 1.97. The van der Waals surface area contributed by atoms with Crippen molar-refractivity contribution in [1.82, 2.24) is 9.78 Å². The van der Waals surface area contributed by atoms with E-state index in [0.29, 0.717) is 11.3 Å². The highest BCUT2D eigenvalue weighted by Gasteiger charge is 2.23. The van der Waals surface area contributed by atoms with Crippen LogP contribution < -0.4 is 0 Å². The number of aliphatic hydroxyl groups is 1. The molecule has 0 saturated carbocycles. The molecule has 2 heterocycles. The molecule has 6 nitrogen and oxygen atoms in total. The van der Waals surface area contributed by atoms with E-state index in [1.54, 1.807) is 16.8 Å². The fourth-order valence-electron chi connectivity index (χ4n) is 2.92. The lowest BCUT2D eigenvalue weighted by Crippen LogP contribution is -2.03. The molecule has 1 aromatic carbocycles. The first-order valence-corrected chi connectivity index (χ1v) is 7.68. The standard InChI is InChI=1S/C18H20N2O4/c1-10-17(11(2)20(3)19-10)18(22)15-9-13-7-12(8-16(21)23-4)5-6-14(13)24-15/h5-7,9,18,22H,8H2,1-4H3. The highest BCUT2D eigenvalue weighted by Crippen LogP contribution is 2.31. The molecule has 0 spiro atoms. The number of furan rings is 1. The van der Waals surface area contributed by atoms with Gasteiger partial charge in [0.15, 0.2) is 0 Å². The Kier molecular flexibility index (Phi) is 4.15. The number of aryl methyl sites for hydroxylation is 2. The van der Waals surface area contributed by atoms with Crippen molar-refractivity contribution in [2.45, 2.75) is 26.4 Å². The van der Waals surface area contributed by atoms with Crippen molar-refractivity contribution < 1.29 is 19.1 Å². The lowest BCUT2D eigenvalue weighted by Gasteiger charge is -2.08. The SMILES string of the molecule is COC(=O)Cc1ccc2oc(C(O)c3c(C)nn(C)c3C)cc2c1. The van der Waals surface area contributed by atoms with Gasteiger partial charge in [0.25, 0.3) is 0 Å². The first-order chi connectivity index (χ1) is 11.4. The van der Waals surface area contributed by atoms with Crippen molar-refractivity contribution in [2.75, 3.05) is 7.11 Å². The number of nitrogens with zero attached hydrogens (tertiary/aromatic N) is 2. The summed E-state index contributed by atoms with van der Waals surface area (Å²) in [6.07, 6.45) is -0.675. The minimum Gasteiger partial charge on any atom is -0.469 e. The molecule has 24 heavy (non-hydrogen) atoms. The maximum atomic E-state index is 11.4. The molecule has 0 amide bonds. The first kappa shape index (κ1) is 16.3. The van der Waals surface area contributed by atoms with Crippen LogP contribution in [0.1, 0.15) is 34.4 Å². The number of rotatable bonds is 4.